The molecule has 0 heterocycles. The van der Waals surface area contributed by atoms with Gasteiger partial charge in [0.15, 0.2) is 0 Å². The monoisotopic (exact) mass is 206 g/mol. The first-order valence-corrected chi connectivity index (χ1v) is 6.14. The number of benzene rings is 1. The van der Waals surface area contributed by atoms with E-state index in [4.69, 9.17) is 0 Å². The number of hydrogen-bond donors (Lipinski definition) is 0. The molecule has 0 aromatic heterocycles. The molecule has 0 bridgehead atoms. The number of hydrogen-bond acceptors (Lipinski definition) is 3. The van der Waals surface area contributed by atoms with E-state index in [0.717, 1.165) is 0 Å². The van der Waals surface area contributed by atoms with E-state index in [1.54, 1.807) is 6.07 Å². The molecule has 0 radical (unpaired) electrons. The van der Waals surface area contributed by atoms with Crippen LogP contribution in [0.5, 0.6) is 0 Å². The minimum Gasteiger partial charge on any atom is -0.744 e. The Bertz CT molecular complexity index is 307. The Morgan fingerprint density at radius 2 is 1.58 bits per heavy atom. The van der Waals surface area contributed by atoms with Crippen molar-refractivity contribution >= 4 is 19.4 Å². The molecule has 1 unspecified atom stereocenters. The molecule has 1 atom stereocenters. The van der Waals surface area contributed by atoms with E-state index in [2.05, 4.69) is 0 Å². The topological polar surface area (TPSA) is 57.2 Å². The van der Waals surface area contributed by atoms with Crippen molar-refractivity contribution in [1.29, 1.82) is 0 Å². The average Bonchev–Trinajstić information content (AvgIpc) is 2.08. The van der Waals surface area contributed by atoms with E-state index in [0.29, 0.717) is 0 Å². The Morgan fingerprint density at radius 3 is 1.83 bits per heavy atom. The summed E-state index contributed by atoms with van der Waals surface area (Å²) < 4.78 is 30.8. The number of rotatable bonds is 1. The average molecular weight is 206 g/mol. The van der Waals surface area contributed by atoms with Crippen molar-refractivity contribution in [3.63, 3.8) is 0 Å². The lowest BCUT2D eigenvalue weighted by molar-refractivity contribution is 0.463. The van der Waals surface area contributed by atoms with Gasteiger partial charge >= 0.3 is 0 Å². The van der Waals surface area contributed by atoms with Gasteiger partial charge in [0.2, 0.25) is 0 Å². The maximum Gasteiger partial charge on any atom is 0.124 e. The smallest absolute Gasteiger partial charge is 0.124 e. The highest BCUT2D eigenvalue weighted by Crippen LogP contribution is 2.04. The molecular formula is C7H11O3PS. The summed E-state index contributed by atoms with van der Waals surface area (Å²) in [4.78, 5) is -0.185. The molecule has 1 rings (SSSR count). The lowest BCUT2D eigenvalue weighted by Crippen LogP contribution is -1.96. The normalized spacial score (nSPS) is 10.2. The summed E-state index contributed by atoms with van der Waals surface area (Å²) in [5, 5.41) is 0. The molecule has 68 valence electrons. The predicted octanol–water partition coefficient (Wildman–Crippen LogP) is 0.814. The van der Waals surface area contributed by atoms with Gasteiger partial charge in [-0.3, -0.25) is 0 Å². The first-order chi connectivity index (χ1) is 5.61. The summed E-state index contributed by atoms with van der Waals surface area (Å²) in [6.45, 7) is 2.03. The van der Waals surface area contributed by atoms with Crippen molar-refractivity contribution in [2.45, 2.75) is 4.90 Å². The van der Waals surface area contributed by atoms with Crippen LogP contribution in [0.2, 0.25) is 0 Å². The first-order valence-electron chi connectivity index (χ1n) is 3.32. The lowest BCUT2D eigenvalue weighted by Gasteiger charge is -2.04. The van der Waals surface area contributed by atoms with E-state index in [-0.39, 0.29) is 4.90 Å². The van der Waals surface area contributed by atoms with Crippen LogP contribution in [0.3, 0.4) is 0 Å². The van der Waals surface area contributed by atoms with E-state index in [1.165, 1.54) is 24.3 Å². The fourth-order valence-electron chi connectivity index (χ4n) is 0.587. The van der Waals surface area contributed by atoms with E-state index in [1.807, 2.05) is 15.9 Å². The van der Waals surface area contributed by atoms with Crippen LogP contribution in [0.25, 0.3) is 0 Å². The Labute approximate surface area is 74.8 Å². The van der Waals surface area contributed by atoms with Crippen LogP contribution in [0.4, 0.5) is 0 Å². The summed E-state index contributed by atoms with van der Waals surface area (Å²) in [7, 11) is -2.39. The van der Waals surface area contributed by atoms with Crippen LogP contribution in [-0.4, -0.2) is 19.6 Å². The van der Waals surface area contributed by atoms with Gasteiger partial charge in [-0.2, -0.15) is 0 Å². The quantitative estimate of drug-likeness (QED) is 0.504. The molecule has 0 fully saturated rings. The summed E-state index contributed by atoms with van der Waals surface area (Å²) in [6, 6.07) is 7.19. The van der Waals surface area contributed by atoms with Gasteiger partial charge in [-0.15, -0.1) is 0 Å². The molecule has 3 nitrogen and oxygen atoms in total. The van der Waals surface area contributed by atoms with E-state index in [9.17, 15) is 13.0 Å². The molecule has 1 aromatic carbocycles. The second-order valence-electron chi connectivity index (χ2n) is 1.77. The molecule has 0 spiro atoms. The lowest BCUT2D eigenvalue weighted by atomic mass is 10.4. The molecule has 0 saturated heterocycles. The molecule has 0 aliphatic carbocycles. The third kappa shape index (κ3) is 3.81. The van der Waals surface area contributed by atoms with Gasteiger partial charge in [0.05, 0.1) is 4.90 Å². The van der Waals surface area contributed by atoms with Crippen LogP contribution >= 0.6 is 9.24 Å². The minimum atomic E-state index is -4.25. The largest absolute Gasteiger partial charge is 0.744 e. The molecule has 0 aliphatic rings. The maximum atomic E-state index is 10.3. The molecule has 0 amide bonds. The third-order valence-corrected chi connectivity index (χ3v) is 1.88. The Morgan fingerprint density at radius 1 is 1.17 bits per heavy atom. The van der Waals surface area contributed by atoms with Crippen molar-refractivity contribution < 1.29 is 13.0 Å². The van der Waals surface area contributed by atoms with Crippen LogP contribution in [0, 0.1) is 0 Å². The van der Waals surface area contributed by atoms with Gasteiger partial charge < -0.3 is 4.55 Å². The summed E-state index contributed by atoms with van der Waals surface area (Å²) in [5.41, 5.74) is 0. The minimum absolute atomic E-state index is 0.185. The summed E-state index contributed by atoms with van der Waals surface area (Å²) in [6.07, 6.45) is 0. The Balaban J connectivity index is 0.000000561. The SMILES string of the molecule is C[PH3+].O=S(=O)([O-])c1ccccc1. The van der Waals surface area contributed by atoms with Gasteiger partial charge in [0, 0.05) is 6.66 Å². The van der Waals surface area contributed by atoms with Crippen molar-refractivity contribution in [3.05, 3.63) is 30.3 Å². The van der Waals surface area contributed by atoms with Gasteiger partial charge in [-0.1, -0.05) is 18.2 Å². The van der Waals surface area contributed by atoms with Crippen molar-refractivity contribution in [2.75, 3.05) is 6.66 Å². The molecular weight excluding hydrogens is 195 g/mol. The molecule has 0 aliphatic heterocycles. The standard InChI is InChI=1S/C6H6O3S.CH5P/c7-10(8,9)6-4-2-1-3-5-6;1-2/h1-5H,(H,7,8,9);2H2,1H3. The zero-order valence-electron chi connectivity index (χ0n) is 6.73. The summed E-state index contributed by atoms with van der Waals surface area (Å²) in [5.74, 6) is 0. The van der Waals surface area contributed by atoms with E-state index >= 15 is 0 Å². The van der Waals surface area contributed by atoms with Crippen LogP contribution < -0.4 is 0 Å². The fourth-order valence-corrected chi connectivity index (χ4v) is 1.08. The van der Waals surface area contributed by atoms with Gasteiger partial charge in [-0.25, -0.2) is 8.42 Å². The van der Waals surface area contributed by atoms with Gasteiger partial charge in [0.25, 0.3) is 0 Å². The molecule has 0 saturated carbocycles. The van der Waals surface area contributed by atoms with Crippen LogP contribution in [0.15, 0.2) is 35.2 Å². The highest BCUT2D eigenvalue weighted by Gasteiger charge is 1.95. The van der Waals surface area contributed by atoms with Crippen LogP contribution in [-0.2, 0) is 10.1 Å². The fraction of sp³-hybridized carbons (Fsp3) is 0.143. The molecule has 5 heteroatoms. The predicted molar refractivity (Wildman–Crippen MR) is 51.4 cm³/mol. The summed E-state index contributed by atoms with van der Waals surface area (Å²) >= 11 is 0. The second-order valence-corrected chi connectivity index (χ2v) is 3.15. The highest BCUT2D eigenvalue weighted by molar-refractivity contribution is 7.85. The van der Waals surface area contributed by atoms with Gasteiger partial charge in [-0.05, 0) is 21.4 Å². The zero-order valence-corrected chi connectivity index (χ0v) is 8.96. The van der Waals surface area contributed by atoms with Crippen molar-refractivity contribution in [2.24, 2.45) is 0 Å². The first kappa shape index (κ1) is 11.6. The van der Waals surface area contributed by atoms with Crippen LogP contribution in [0.1, 0.15) is 0 Å². The zero-order chi connectivity index (χ0) is 9.61. The molecule has 12 heavy (non-hydrogen) atoms. The maximum absolute atomic E-state index is 10.3. The highest BCUT2D eigenvalue weighted by atomic mass is 32.2. The van der Waals surface area contributed by atoms with Crippen molar-refractivity contribution in [3.8, 4) is 0 Å². The molecule has 0 N–H and O–H groups in total. The second kappa shape index (κ2) is 5.25. The third-order valence-electron chi connectivity index (χ3n) is 1.03. The van der Waals surface area contributed by atoms with E-state index < -0.39 is 10.1 Å². The van der Waals surface area contributed by atoms with Gasteiger partial charge in [0.1, 0.15) is 10.1 Å². The van der Waals surface area contributed by atoms with Crippen molar-refractivity contribution in [1.82, 2.24) is 0 Å². The Hall–Kier alpha value is -0.440. The molecule has 1 aromatic rings. The Kier molecular flexibility index (Phi) is 5.06.